The van der Waals surface area contributed by atoms with Crippen molar-refractivity contribution in [1.82, 2.24) is 9.78 Å². The summed E-state index contributed by atoms with van der Waals surface area (Å²) in [5, 5.41) is 4.30. The Balaban J connectivity index is 3.15. The highest BCUT2D eigenvalue weighted by Gasteiger charge is 2.22. The molecule has 4 heteroatoms. The molecule has 0 saturated heterocycles. The molecule has 1 atom stereocenters. The van der Waals surface area contributed by atoms with Gasteiger partial charge >= 0.3 is 0 Å². The van der Waals surface area contributed by atoms with Gasteiger partial charge in [-0.3, -0.25) is 4.68 Å². The Kier molecular flexibility index (Phi) is 3.74. The van der Waals surface area contributed by atoms with E-state index < -0.39 is 0 Å². The largest absolute Gasteiger partial charge is 0.493 e. The fourth-order valence-corrected chi connectivity index (χ4v) is 1.56. The molecule has 0 aliphatic carbocycles. The van der Waals surface area contributed by atoms with E-state index in [1.165, 1.54) is 0 Å². The number of hydrogen-bond acceptors (Lipinski definition) is 3. The van der Waals surface area contributed by atoms with Crippen molar-refractivity contribution in [2.45, 2.75) is 39.8 Å². The molecule has 1 aromatic rings. The molecular formula is C11H21N3O. The van der Waals surface area contributed by atoms with Crippen LogP contribution in [0.4, 0.5) is 0 Å². The van der Waals surface area contributed by atoms with E-state index >= 15 is 0 Å². The summed E-state index contributed by atoms with van der Waals surface area (Å²) in [5.74, 6) is 1.15. The van der Waals surface area contributed by atoms with Crippen molar-refractivity contribution in [1.29, 1.82) is 0 Å². The van der Waals surface area contributed by atoms with Crippen molar-refractivity contribution in [2.24, 2.45) is 11.7 Å². The molecule has 4 nitrogen and oxygen atoms in total. The minimum atomic E-state index is -0.0372. The van der Waals surface area contributed by atoms with Gasteiger partial charge in [-0.2, -0.15) is 5.10 Å². The summed E-state index contributed by atoms with van der Waals surface area (Å²) in [6.07, 6.45) is 1.73. The number of ether oxygens (including phenoxy) is 1. The SMILES string of the molecule is COc1cnn(C(C)C)c1C(N)C(C)C. The van der Waals surface area contributed by atoms with Gasteiger partial charge in [-0.05, 0) is 19.8 Å². The highest BCUT2D eigenvalue weighted by molar-refractivity contribution is 5.28. The van der Waals surface area contributed by atoms with Gasteiger partial charge < -0.3 is 10.5 Å². The summed E-state index contributed by atoms with van der Waals surface area (Å²) in [5.41, 5.74) is 7.14. The molecule has 1 aromatic heterocycles. The fourth-order valence-electron chi connectivity index (χ4n) is 1.56. The lowest BCUT2D eigenvalue weighted by Crippen LogP contribution is -2.22. The molecule has 1 rings (SSSR count). The third-order valence-corrected chi connectivity index (χ3v) is 2.54. The standard InChI is InChI=1S/C11H21N3O/c1-7(2)10(12)11-9(15-5)6-13-14(11)8(3)4/h6-8,10H,12H2,1-5H3. The number of aromatic nitrogens is 2. The maximum atomic E-state index is 6.16. The number of methoxy groups -OCH3 is 1. The van der Waals surface area contributed by atoms with E-state index in [4.69, 9.17) is 10.5 Å². The van der Waals surface area contributed by atoms with Gasteiger partial charge in [0.2, 0.25) is 0 Å². The minimum absolute atomic E-state index is 0.0372. The fraction of sp³-hybridized carbons (Fsp3) is 0.727. The predicted molar refractivity (Wildman–Crippen MR) is 60.9 cm³/mol. The summed E-state index contributed by atoms with van der Waals surface area (Å²) in [6.45, 7) is 8.37. The van der Waals surface area contributed by atoms with Gasteiger partial charge in [0, 0.05) is 6.04 Å². The molecule has 0 spiro atoms. The van der Waals surface area contributed by atoms with Crippen LogP contribution in [0.1, 0.15) is 45.5 Å². The predicted octanol–water partition coefficient (Wildman–Crippen LogP) is 2.13. The normalized spacial score (nSPS) is 13.6. The quantitative estimate of drug-likeness (QED) is 0.830. The first kappa shape index (κ1) is 12.0. The monoisotopic (exact) mass is 211 g/mol. The second-order valence-electron chi connectivity index (χ2n) is 4.41. The van der Waals surface area contributed by atoms with Crippen LogP contribution >= 0.6 is 0 Å². The third-order valence-electron chi connectivity index (χ3n) is 2.54. The van der Waals surface area contributed by atoms with Crippen molar-refractivity contribution in [2.75, 3.05) is 7.11 Å². The first-order valence-electron chi connectivity index (χ1n) is 5.36. The Labute approximate surface area is 91.4 Å². The van der Waals surface area contributed by atoms with E-state index in [2.05, 4.69) is 32.8 Å². The van der Waals surface area contributed by atoms with E-state index in [1.54, 1.807) is 13.3 Å². The summed E-state index contributed by atoms with van der Waals surface area (Å²) >= 11 is 0. The molecule has 0 aromatic carbocycles. The number of nitrogens with two attached hydrogens (primary N) is 1. The Morgan fingerprint density at radius 3 is 2.33 bits per heavy atom. The smallest absolute Gasteiger partial charge is 0.161 e. The lowest BCUT2D eigenvalue weighted by atomic mass is 10.0. The second-order valence-corrected chi connectivity index (χ2v) is 4.41. The summed E-state index contributed by atoms with van der Waals surface area (Å²) in [4.78, 5) is 0. The van der Waals surface area contributed by atoms with Crippen LogP contribution < -0.4 is 10.5 Å². The van der Waals surface area contributed by atoms with Gasteiger partial charge in [-0.15, -0.1) is 0 Å². The zero-order chi connectivity index (χ0) is 11.6. The topological polar surface area (TPSA) is 53.1 Å². The van der Waals surface area contributed by atoms with Crippen LogP contribution in [0.3, 0.4) is 0 Å². The summed E-state index contributed by atoms with van der Waals surface area (Å²) < 4.78 is 7.22. The van der Waals surface area contributed by atoms with E-state index in [9.17, 15) is 0 Å². The number of rotatable bonds is 4. The Hall–Kier alpha value is -1.03. The summed E-state index contributed by atoms with van der Waals surface area (Å²) in [7, 11) is 1.65. The van der Waals surface area contributed by atoms with Crippen molar-refractivity contribution in [3.8, 4) is 5.75 Å². The van der Waals surface area contributed by atoms with Crippen molar-refractivity contribution in [3.05, 3.63) is 11.9 Å². The number of nitrogens with zero attached hydrogens (tertiary/aromatic N) is 2. The van der Waals surface area contributed by atoms with Gasteiger partial charge in [0.05, 0.1) is 25.0 Å². The molecule has 0 bridgehead atoms. The van der Waals surface area contributed by atoms with E-state index in [0.717, 1.165) is 11.4 Å². The maximum Gasteiger partial charge on any atom is 0.161 e. The lowest BCUT2D eigenvalue weighted by Gasteiger charge is -2.20. The molecule has 0 amide bonds. The molecule has 0 radical (unpaired) electrons. The minimum Gasteiger partial charge on any atom is -0.493 e. The van der Waals surface area contributed by atoms with Crippen molar-refractivity contribution < 1.29 is 4.74 Å². The lowest BCUT2D eigenvalue weighted by molar-refractivity contribution is 0.379. The molecular weight excluding hydrogens is 190 g/mol. The highest BCUT2D eigenvalue weighted by Crippen LogP contribution is 2.29. The van der Waals surface area contributed by atoms with Gasteiger partial charge in [-0.1, -0.05) is 13.8 Å². The van der Waals surface area contributed by atoms with Gasteiger partial charge in [0.1, 0.15) is 0 Å². The Morgan fingerprint density at radius 1 is 1.33 bits per heavy atom. The maximum absolute atomic E-state index is 6.16. The molecule has 0 fully saturated rings. The van der Waals surface area contributed by atoms with Crippen LogP contribution in [0.15, 0.2) is 6.20 Å². The highest BCUT2D eigenvalue weighted by atomic mass is 16.5. The van der Waals surface area contributed by atoms with Gasteiger partial charge in [0.15, 0.2) is 5.75 Å². The Morgan fingerprint density at radius 2 is 1.93 bits per heavy atom. The summed E-state index contributed by atoms with van der Waals surface area (Å²) in [6, 6.07) is 0.263. The van der Waals surface area contributed by atoms with Crippen LogP contribution in [-0.2, 0) is 0 Å². The molecule has 0 saturated carbocycles. The second kappa shape index (κ2) is 4.66. The molecule has 1 heterocycles. The molecule has 15 heavy (non-hydrogen) atoms. The molecule has 1 unspecified atom stereocenters. The van der Waals surface area contributed by atoms with Crippen LogP contribution in [0, 0.1) is 5.92 Å². The average molecular weight is 211 g/mol. The van der Waals surface area contributed by atoms with Crippen LogP contribution in [-0.4, -0.2) is 16.9 Å². The van der Waals surface area contributed by atoms with E-state index in [0.29, 0.717) is 12.0 Å². The molecule has 0 aliphatic heterocycles. The van der Waals surface area contributed by atoms with Crippen molar-refractivity contribution in [3.63, 3.8) is 0 Å². The first-order chi connectivity index (χ1) is 6.99. The zero-order valence-corrected chi connectivity index (χ0v) is 10.2. The Bertz CT molecular complexity index is 318. The van der Waals surface area contributed by atoms with E-state index in [-0.39, 0.29) is 6.04 Å². The van der Waals surface area contributed by atoms with Crippen molar-refractivity contribution >= 4 is 0 Å². The number of hydrogen-bond donors (Lipinski definition) is 1. The van der Waals surface area contributed by atoms with Gasteiger partial charge in [0.25, 0.3) is 0 Å². The average Bonchev–Trinajstić information content (AvgIpc) is 2.59. The molecule has 86 valence electrons. The first-order valence-corrected chi connectivity index (χ1v) is 5.36. The third kappa shape index (κ3) is 2.31. The van der Waals surface area contributed by atoms with Crippen LogP contribution in [0.5, 0.6) is 5.75 Å². The van der Waals surface area contributed by atoms with Crippen LogP contribution in [0.25, 0.3) is 0 Å². The zero-order valence-electron chi connectivity index (χ0n) is 10.2. The molecule has 0 aliphatic rings. The van der Waals surface area contributed by atoms with Gasteiger partial charge in [-0.25, -0.2) is 0 Å². The van der Waals surface area contributed by atoms with E-state index in [1.807, 2.05) is 4.68 Å². The van der Waals surface area contributed by atoms with Crippen LogP contribution in [0.2, 0.25) is 0 Å². The molecule has 2 N–H and O–H groups in total.